The summed E-state index contributed by atoms with van der Waals surface area (Å²) in [6.07, 6.45) is 1.52. The minimum atomic E-state index is 0.497. The fourth-order valence-corrected chi connectivity index (χ4v) is 4.37. The molecule has 0 amide bonds. The molecular weight excluding hydrogens is 337 g/mol. The van der Waals surface area contributed by atoms with E-state index in [0.717, 1.165) is 16.9 Å². The van der Waals surface area contributed by atoms with E-state index in [9.17, 15) is 0 Å². The zero-order valence-corrected chi connectivity index (χ0v) is 14.3. The molecule has 0 radical (unpaired) electrons. The van der Waals surface area contributed by atoms with Gasteiger partial charge in [0, 0.05) is 12.7 Å². The summed E-state index contributed by atoms with van der Waals surface area (Å²) in [5.74, 6) is 1.44. The van der Waals surface area contributed by atoms with Gasteiger partial charge in [-0.05, 0) is 42.8 Å². The van der Waals surface area contributed by atoms with Crippen molar-refractivity contribution in [2.24, 2.45) is 0 Å². The van der Waals surface area contributed by atoms with Gasteiger partial charge >= 0.3 is 0 Å². The van der Waals surface area contributed by atoms with Gasteiger partial charge in [-0.3, -0.25) is 5.10 Å². The highest BCUT2D eigenvalue weighted by Gasteiger charge is 2.06. The molecule has 0 bridgehead atoms. The van der Waals surface area contributed by atoms with Gasteiger partial charge in [-0.2, -0.15) is 5.10 Å². The van der Waals surface area contributed by atoms with E-state index in [2.05, 4.69) is 28.2 Å². The Morgan fingerprint density at radius 2 is 2.09 bits per heavy atom. The van der Waals surface area contributed by atoms with Crippen molar-refractivity contribution in [3.8, 4) is 11.5 Å². The Labute approximate surface area is 139 Å². The van der Waals surface area contributed by atoms with E-state index in [4.69, 9.17) is 16.3 Å². The lowest BCUT2D eigenvalue weighted by molar-refractivity contribution is 0.482. The Morgan fingerprint density at radius 1 is 1.23 bits per heavy atom. The molecule has 3 aromatic rings. The molecule has 0 saturated heterocycles. The first-order valence-corrected chi connectivity index (χ1v) is 9.45. The maximum atomic E-state index is 6.11. The number of rotatable bonds is 5. The summed E-state index contributed by atoms with van der Waals surface area (Å²) in [6.45, 7) is 2.06. The summed E-state index contributed by atoms with van der Waals surface area (Å²) in [5, 5.41) is 7.32. The summed E-state index contributed by atoms with van der Waals surface area (Å²) >= 11 is 7.84. The zero-order chi connectivity index (χ0) is 15.4. The van der Waals surface area contributed by atoms with Gasteiger partial charge in [0.25, 0.3) is 0 Å². The largest absolute Gasteiger partial charge is 0.456 e. The number of benzene rings is 2. The third kappa shape index (κ3) is 3.80. The van der Waals surface area contributed by atoms with Gasteiger partial charge in [-0.25, -0.2) is 4.98 Å². The van der Waals surface area contributed by atoms with Crippen LogP contribution in [0.1, 0.15) is 5.56 Å². The van der Waals surface area contributed by atoms with Crippen LogP contribution in [0.4, 0.5) is 0 Å². The van der Waals surface area contributed by atoms with E-state index in [1.54, 1.807) is 11.4 Å². The predicted molar refractivity (Wildman–Crippen MR) is 92.9 cm³/mol. The van der Waals surface area contributed by atoms with Crippen LogP contribution in [0.3, 0.4) is 0 Å². The van der Waals surface area contributed by atoms with Crippen LogP contribution in [0.15, 0.2) is 53.7 Å². The number of ether oxygens (including phenoxy) is 1. The normalized spacial score (nSPS) is 11.2. The maximum Gasteiger partial charge on any atom is 0.154 e. The number of para-hydroxylation sites is 1. The molecule has 0 aliphatic heterocycles. The van der Waals surface area contributed by atoms with E-state index in [1.165, 1.54) is 11.2 Å². The molecule has 3 rings (SSSR count). The van der Waals surface area contributed by atoms with E-state index in [-0.39, 0.29) is 0 Å². The molecule has 1 heterocycles. The van der Waals surface area contributed by atoms with Crippen LogP contribution in [0.25, 0.3) is 0 Å². The Bertz CT molecular complexity index is 767. The van der Waals surface area contributed by atoms with Crippen molar-refractivity contribution < 1.29 is 4.74 Å². The van der Waals surface area contributed by atoms with Crippen molar-refractivity contribution in [3.63, 3.8) is 0 Å². The first-order valence-electron chi connectivity index (χ1n) is 6.53. The number of hydrogen-bond acceptors (Lipinski definition) is 4. The number of nitrogens with zero attached hydrogens (tertiary/aromatic N) is 2. The molecule has 22 heavy (non-hydrogen) atoms. The Morgan fingerprint density at radius 3 is 2.82 bits per heavy atom. The summed E-state index contributed by atoms with van der Waals surface area (Å²) in [5.41, 5.74) is 2.04. The molecule has 4 nitrogen and oxygen atoms in total. The fraction of sp³-hybridized carbons (Fsp3) is 0.0667. The second-order valence-corrected chi connectivity index (χ2v) is 7.45. The van der Waals surface area contributed by atoms with Crippen molar-refractivity contribution in [2.75, 3.05) is 0 Å². The summed E-state index contributed by atoms with van der Waals surface area (Å²) in [4.78, 5) is 5.33. The lowest BCUT2D eigenvalue weighted by atomic mass is 10.2. The van der Waals surface area contributed by atoms with E-state index in [0.29, 0.717) is 18.6 Å². The molecule has 0 fully saturated rings. The molecule has 1 aromatic heterocycles. The van der Waals surface area contributed by atoms with Crippen LogP contribution in [-0.4, -0.2) is 15.2 Å². The number of halogens is 1. The van der Waals surface area contributed by atoms with E-state index >= 15 is 0 Å². The molecule has 112 valence electrons. The lowest BCUT2D eigenvalue weighted by Crippen LogP contribution is -1.96. The average Bonchev–Trinajstić information content (AvgIpc) is 3.02. The molecule has 0 aliphatic carbocycles. The van der Waals surface area contributed by atoms with Crippen LogP contribution in [0, 0.1) is 6.92 Å². The van der Waals surface area contributed by atoms with Crippen LogP contribution in [0.5, 0.6) is 11.5 Å². The van der Waals surface area contributed by atoms with Crippen LogP contribution >= 0.6 is 30.8 Å². The first-order chi connectivity index (χ1) is 10.7. The SMILES string of the molecule is Cc1cc(Oc2ccccc2Cl)ccc1SPc1ncn[nH]1. The van der Waals surface area contributed by atoms with Gasteiger partial charge in [0.2, 0.25) is 0 Å². The highest BCUT2D eigenvalue weighted by molar-refractivity contribution is 8.51. The van der Waals surface area contributed by atoms with Crippen molar-refractivity contribution >= 4 is 36.3 Å². The molecule has 1 unspecified atom stereocenters. The van der Waals surface area contributed by atoms with Crippen LogP contribution < -0.4 is 10.3 Å². The summed E-state index contributed by atoms with van der Waals surface area (Å²) in [6, 6.07) is 13.5. The lowest BCUT2D eigenvalue weighted by Gasteiger charge is -2.10. The molecule has 2 aromatic carbocycles. The Hall–Kier alpha value is -1.55. The minimum absolute atomic E-state index is 0.497. The highest BCUT2D eigenvalue weighted by Crippen LogP contribution is 2.39. The Kier molecular flexibility index (Phi) is 4.98. The van der Waals surface area contributed by atoms with Crippen molar-refractivity contribution in [3.05, 3.63) is 59.4 Å². The smallest absolute Gasteiger partial charge is 0.154 e. The van der Waals surface area contributed by atoms with Gasteiger partial charge in [0.05, 0.1) is 5.02 Å². The number of hydrogen-bond donors (Lipinski definition) is 1. The van der Waals surface area contributed by atoms with Gasteiger partial charge in [-0.1, -0.05) is 35.1 Å². The Balaban J connectivity index is 1.70. The zero-order valence-electron chi connectivity index (χ0n) is 11.7. The molecule has 0 saturated carbocycles. The van der Waals surface area contributed by atoms with Gasteiger partial charge in [0.15, 0.2) is 5.57 Å². The monoisotopic (exact) mass is 349 g/mol. The van der Waals surface area contributed by atoms with Gasteiger partial charge in [-0.15, -0.1) is 0 Å². The number of H-pyrrole nitrogens is 1. The van der Waals surface area contributed by atoms with Crippen molar-refractivity contribution in [2.45, 2.75) is 11.8 Å². The molecule has 7 heteroatoms. The van der Waals surface area contributed by atoms with Gasteiger partial charge < -0.3 is 4.74 Å². The minimum Gasteiger partial charge on any atom is -0.456 e. The summed E-state index contributed by atoms with van der Waals surface area (Å²) < 4.78 is 5.83. The molecule has 1 atom stereocenters. The van der Waals surface area contributed by atoms with Crippen LogP contribution in [-0.2, 0) is 0 Å². The number of aryl methyl sites for hydroxylation is 1. The summed E-state index contributed by atoms with van der Waals surface area (Å²) in [7, 11) is 0.497. The number of nitrogens with one attached hydrogen (secondary N) is 1. The molecule has 0 spiro atoms. The fourth-order valence-electron chi connectivity index (χ4n) is 1.81. The standard InChI is InChI=1S/C15H13ClN3OPS/c1-10-8-11(20-13-5-3-2-4-12(13)16)6-7-14(10)22-21-15-17-9-18-19-15/h2-9,21H,1H3,(H,17,18,19). The topological polar surface area (TPSA) is 50.8 Å². The van der Waals surface area contributed by atoms with Crippen LogP contribution in [0.2, 0.25) is 5.02 Å². The second kappa shape index (κ2) is 7.14. The molecule has 1 N–H and O–H groups in total. The molecular formula is C15H13ClN3OPS. The van der Waals surface area contributed by atoms with E-state index in [1.807, 2.05) is 36.4 Å². The second-order valence-electron chi connectivity index (χ2n) is 4.50. The molecule has 0 aliphatic rings. The number of aromatic amines is 1. The van der Waals surface area contributed by atoms with Crippen molar-refractivity contribution in [1.29, 1.82) is 0 Å². The van der Waals surface area contributed by atoms with Crippen molar-refractivity contribution in [1.82, 2.24) is 15.2 Å². The predicted octanol–water partition coefficient (Wildman–Crippen LogP) is 4.57. The van der Waals surface area contributed by atoms with Gasteiger partial charge in [0.1, 0.15) is 17.8 Å². The highest BCUT2D eigenvalue weighted by atomic mass is 35.5. The number of aromatic nitrogens is 3. The quantitative estimate of drug-likeness (QED) is 0.685. The van der Waals surface area contributed by atoms with E-state index < -0.39 is 0 Å². The average molecular weight is 350 g/mol. The maximum absolute atomic E-state index is 6.11. The first kappa shape index (κ1) is 15.3. The third-order valence-corrected chi connectivity index (χ3v) is 5.96. The third-order valence-electron chi connectivity index (χ3n) is 2.88.